The van der Waals surface area contributed by atoms with Gasteiger partial charge in [0, 0.05) is 6.42 Å². The maximum Gasteiger partial charge on any atom is 0.176 e. The van der Waals surface area contributed by atoms with Crippen molar-refractivity contribution in [3.05, 3.63) is 10.6 Å². The number of aromatic nitrogens is 2. The van der Waals surface area contributed by atoms with Crippen molar-refractivity contribution < 1.29 is 4.79 Å². The van der Waals surface area contributed by atoms with Crippen LogP contribution < -0.4 is 0 Å². The Morgan fingerprint density at radius 3 is 3.10 bits per heavy atom. The number of Topliss-reactive ketones (excluding diaryl/α,β-unsaturated/α-hetero) is 1. The summed E-state index contributed by atoms with van der Waals surface area (Å²) in [5.74, 6) is 0.219. The Morgan fingerprint density at radius 2 is 2.30 bits per heavy atom. The van der Waals surface area contributed by atoms with Crippen LogP contribution in [0.2, 0.25) is 0 Å². The predicted octanol–water partition coefficient (Wildman–Crippen LogP) is 1.06. The molecule has 0 aliphatic heterocycles. The third-order valence-corrected chi connectivity index (χ3v) is 2.44. The number of fused-ring (bicyclic) bond motifs is 1. The van der Waals surface area contributed by atoms with Gasteiger partial charge in [0.25, 0.3) is 0 Å². The molecule has 4 heteroatoms. The standard InChI is InChI=1S/C6H6N2OS/c9-5-3-1-2-4-6(5)10-8-7-4/h1-3H2. The molecule has 1 heterocycles. The average Bonchev–Trinajstić information content (AvgIpc) is 2.36. The highest BCUT2D eigenvalue weighted by Crippen LogP contribution is 2.21. The van der Waals surface area contributed by atoms with Crippen LogP contribution in [0.3, 0.4) is 0 Å². The molecular formula is C6H6N2OS. The highest BCUT2D eigenvalue weighted by atomic mass is 32.1. The molecule has 0 N–H and O–H groups in total. The van der Waals surface area contributed by atoms with Gasteiger partial charge in [0.15, 0.2) is 5.78 Å². The lowest BCUT2D eigenvalue weighted by Gasteiger charge is -2.04. The summed E-state index contributed by atoms with van der Waals surface area (Å²) in [6.45, 7) is 0. The SMILES string of the molecule is O=C1CCCc2nnsc21. The number of ketones is 1. The van der Waals surface area contributed by atoms with E-state index < -0.39 is 0 Å². The van der Waals surface area contributed by atoms with Crippen LogP contribution in [0.4, 0.5) is 0 Å². The summed E-state index contributed by atoms with van der Waals surface area (Å²) in [7, 11) is 0. The van der Waals surface area contributed by atoms with Crippen LogP contribution in [0.5, 0.6) is 0 Å². The van der Waals surface area contributed by atoms with Crippen molar-refractivity contribution in [2.45, 2.75) is 19.3 Å². The maximum absolute atomic E-state index is 11.1. The first-order chi connectivity index (χ1) is 4.88. The molecule has 1 aromatic rings. The largest absolute Gasteiger partial charge is 0.293 e. The van der Waals surface area contributed by atoms with E-state index in [2.05, 4.69) is 9.59 Å². The van der Waals surface area contributed by atoms with Gasteiger partial charge < -0.3 is 0 Å². The predicted molar refractivity (Wildman–Crippen MR) is 37.2 cm³/mol. The van der Waals surface area contributed by atoms with Gasteiger partial charge in [-0.3, -0.25) is 4.79 Å². The Hall–Kier alpha value is -0.770. The van der Waals surface area contributed by atoms with Gasteiger partial charge >= 0.3 is 0 Å². The lowest BCUT2D eigenvalue weighted by molar-refractivity contribution is 0.0976. The second-order valence-electron chi connectivity index (χ2n) is 2.33. The minimum absolute atomic E-state index is 0.219. The highest BCUT2D eigenvalue weighted by Gasteiger charge is 2.20. The summed E-state index contributed by atoms with van der Waals surface area (Å²) < 4.78 is 3.73. The van der Waals surface area contributed by atoms with E-state index in [9.17, 15) is 4.79 Å². The van der Waals surface area contributed by atoms with Crippen molar-refractivity contribution in [3.63, 3.8) is 0 Å². The average molecular weight is 154 g/mol. The van der Waals surface area contributed by atoms with Gasteiger partial charge in [0.1, 0.15) is 4.88 Å². The van der Waals surface area contributed by atoms with Gasteiger partial charge in [-0.15, -0.1) is 5.10 Å². The summed E-state index contributed by atoms with van der Waals surface area (Å²) in [6.07, 6.45) is 2.55. The molecule has 0 saturated carbocycles. The van der Waals surface area contributed by atoms with Crippen molar-refractivity contribution >= 4 is 17.3 Å². The third kappa shape index (κ3) is 0.759. The number of hydrogen-bond donors (Lipinski definition) is 0. The van der Waals surface area contributed by atoms with Crippen LogP contribution in [-0.4, -0.2) is 15.4 Å². The van der Waals surface area contributed by atoms with Crippen LogP contribution in [0.25, 0.3) is 0 Å². The first kappa shape index (κ1) is 5.97. The fourth-order valence-electron chi connectivity index (χ4n) is 1.11. The van der Waals surface area contributed by atoms with Crippen molar-refractivity contribution in [1.82, 2.24) is 9.59 Å². The molecule has 0 bridgehead atoms. The smallest absolute Gasteiger partial charge is 0.176 e. The Labute approximate surface area is 62.2 Å². The summed E-state index contributed by atoms with van der Waals surface area (Å²) in [6, 6.07) is 0. The van der Waals surface area contributed by atoms with E-state index >= 15 is 0 Å². The molecule has 52 valence electrons. The van der Waals surface area contributed by atoms with Crippen LogP contribution in [0, 0.1) is 0 Å². The Balaban J connectivity index is 2.50. The number of carbonyl (C=O) groups excluding carboxylic acids is 1. The van der Waals surface area contributed by atoms with E-state index in [1.165, 1.54) is 11.5 Å². The Kier molecular flexibility index (Phi) is 1.27. The van der Waals surface area contributed by atoms with Gasteiger partial charge in [0.05, 0.1) is 5.69 Å². The summed E-state index contributed by atoms with van der Waals surface area (Å²) in [5, 5.41) is 3.85. The molecule has 1 aliphatic rings. The number of rotatable bonds is 0. The van der Waals surface area contributed by atoms with Crippen LogP contribution in [-0.2, 0) is 6.42 Å². The van der Waals surface area contributed by atoms with Gasteiger partial charge in [-0.25, -0.2) is 0 Å². The number of nitrogens with zero attached hydrogens (tertiary/aromatic N) is 2. The molecule has 1 aliphatic carbocycles. The maximum atomic E-state index is 11.1. The van der Waals surface area contributed by atoms with E-state index in [0.717, 1.165) is 23.4 Å². The van der Waals surface area contributed by atoms with E-state index in [1.54, 1.807) is 0 Å². The molecule has 0 aromatic carbocycles. The van der Waals surface area contributed by atoms with Crippen molar-refractivity contribution in [2.24, 2.45) is 0 Å². The van der Waals surface area contributed by atoms with Crippen LogP contribution >= 0.6 is 11.5 Å². The van der Waals surface area contributed by atoms with Crippen molar-refractivity contribution in [3.8, 4) is 0 Å². The molecule has 2 rings (SSSR count). The first-order valence-electron chi connectivity index (χ1n) is 3.22. The van der Waals surface area contributed by atoms with Gasteiger partial charge in [-0.1, -0.05) is 4.49 Å². The van der Waals surface area contributed by atoms with E-state index in [1.807, 2.05) is 0 Å². The normalized spacial score (nSPS) is 17.0. The van der Waals surface area contributed by atoms with Gasteiger partial charge in [0.2, 0.25) is 0 Å². The minimum atomic E-state index is 0.219. The number of aryl methyl sites for hydroxylation is 1. The quantitative estimate of drug-likeness (QED) is 0.561. The van der Waals surface area contributed by atoms with Gasteiger partial charge in [-0.2, -0.15) is 0 Å². The molecular weight excluding hydrogens is 148 g/mol. The zero-order valence-corrected chi connectivity index (χ0v) is 6.15. The van der Waals surface area contributed by atoms with E-state index in [-0.39, 0.29) is 5.78 Å². The Morgan fingerprint density at radius 1 is 1.40 bits per heavy atom. The molecule has 0 spiro atoms. The van der Waals surface area contributed by atoms with E-state index in [0.29, 0.717) is 6.42 Å². The molecule has 0 fully saturated rings. The zero-order chi connectivity index (χ0) is 6.97. The lowest BCUT2D eigenvalue weighted by Crippen LogP contribution is -2.07. The first-order valence-corrected chi connectivity index (χ1v) is 3.99. The molecule has 0 unspecified atom stereocenters. The molecule has 0 amide bonds. The zero-order valence-electron chi connectivity index (χ0n) is 5.33. The van der Waals surface area contributed by atoms with Crippen LogP contribution in [0.1, 0.15) is 28.2 Å². The molecule has 0 radical (unpaired) electrons. The fraction of sp³-hybridized carbons (Fsp3) is 0.500. The monoisotopic (exact) mass is 154 g/mol. The Bertz CT molecular complexity index is 268. The molecule has 10 heavy (non-hydrogen) atoms. The fourth-order valence-corrected chi connectivity index (χ4v) is 1.79. The van der Waals surface area contributed by atoms with E-state index in [4.69, 9.17) is 0 Å². The summed E-state index contributed by atoms with van der Waals surface area (Å²) in [4.78, 5) is 11.9. The molecule has 0 saturated heterocycles. The third-order valence-electron chi connectivity index (χ3n) is 1.63. The second-order valence-corrected chi connectivity index (χ2v) is 3.08. The summed E-state index contributed by atoms with van der Waals surface area (Å²) >= 11 is 1.22. The molecule has 3 nitrogen and oxygen atoms in total. The minimum Gasteiger partial charge on any atom is -0.293 e. The number of hydrogen-bond acceptors (Lipinski definition) is 4. The highest BCUT2D eigenvalue weighted by molar-refractivity contribution is 7.08. The number of carbonyl (C=O) groups is 1. The van der Waals surface area contributed by atoms with Gasteiger partial charge in [-0.05, 0) is 24.4 Å². The topological polar surface area (TPSA) is 42.9 Å². The second kappa shape index (κ2) is 2.12. The van der Waals surface area contributed by atoms with Crippen molar-refractivity contribution in [2.75, 3.05) is 0 Å². The van der Waals surface area contributed by atoms with Crippen molar-refractivity contribution in [1.29, 1.82) is 0 Å². The lowest BCUT2D eigenvalue weighted by atomic mass is 10.0. The molecule has 1 aromatic heterocycles. The summed E-state index contributed by atoms with van der Waals surface area (Å²) in [5.41, 5.74) is 0.904. The van der Waals surface area contributed by atoms with Crippen LogP contribution in [0.15, 0.2) is 0 Å². The molecule has 0 atom stereocenters.